The number of amides is 1. The first kappa shape index (κ1) is 10.7. The Kier molecular flexibility index (Phi) is 4.13. The van der Waals surface area contributed by atoms with Crippen LogP contribution in [0, 0.1) is 0 Å². The molecule has 14 heavy (non-hydrogen) atoms. The van der Waals surface area contributed by atoms with Crippen LogP contribution in [-0.2, 0) is 4.79 Å². The number of hydrogen-bond donors (Lipinski definition) is 1. The van der Waals surface area contributed by atoms with Crippen molar-refractivity contribution in [1.82, 2.24) is 5.32 Å². The molecule has 0 saturated heterocycles. The Labute approximate surface area is 87.1 Å². The molecule has 1 N–H and O–H groups in total. The fourth-order valence-corrected chi connectivity index (χ4v) is 1.17. The van der Waals surface area contributed by atoms with Gasteiger partial charge in [-0.15, -0.1) is 0 Å². The lowest BCUT2D eigenvalue weighted by molar-refractivity contribution is -0.107. The van der Waals surface area contributed by atoms with Gasteiger partial charge in [-0.05, 0) is 18.2 Å². The Bertz CT molecular complexity index is 339. The molecule has 1 aromatic carbocycles. The molecule has 0 fully saturated rings. The molecule has 0 aliphatic carbocycles. The molecule has 0 saturated carbocycles. The summed E-state index contributed by atoms with van der Waals surface area (Å²) in [5.41, 5.74) is 0.503. The summed E-state index contributed by atoms with van der Waals surface area (Å²) in [6, 6.07) is 6.65. The third kappa shape index (κ3) is 3.18. The number of halogens is 1. The van der Waals surface area contributed by atoms with Crippen molar-refractivity contribution in [2.24, 2.45) is 0 Å². The number of hydrogen-bond acceptors (Lipinski definition) is 2. The summed E-state index contributed by atoms with van der Waals surface area (Å²) in [6.07, 6.45) is 1.09. The number of carbonyl (C=O) groups excluding carboxylic acids is 2. The van der Waals surface area contributed by atoms with E-state index in [9.17, 15) is 9.59 Å². The second kappa shape index (κ2) is 5.40. The SMILES string of the molecule is O=CCCNC(=O)c1cccc(Cl)c1. The van der Waals surface area contributed by atoms with Crippen molar-refractivity contribution in [3.05, 3.63) is 34.9 Å². The average molecular weight is 212 g/mol. The molecule has 0 aliphatic rings. The summed E-state index contributed by atoms with van der Waals surface area (Å²) in [5, 5.41) is 3.12. The van der Waals surface area contributed by atoms with Crippen LogP contribution in [0.1, 0.15) is 16.8 Å². The second-order valence-corrected chi connectivity index (χ2v) is 3.16. The number of rotatable bonds is 4. The van der Waals surface area contributed by atoms with Gasteiger partial charge in [-0.3, -0.25) is 4.79 Å². The van der Waals surface area contributed by atoms with Crippen LogP contribution in [0.2, 0.25) is 5.02 Å². The third-order valence-electron chi connectivity index (χ3n) is 1.63. The summed E-state index contributed by atoms with van der Waals surface area (Å²) in [4.78, 5) is 21.4. The van der Waals surface area contributed by atoms with Crippen molar-refractivity contribution >= 4 is 23.8 Å². The van der Waals surface area contributed by atoms with Gasteiger partial charge >= 0.3 is 0 Å². The van der Waals surface area contributed by atoms with Gasteiger partial charge in [0.1, 0.15) is 6.29 Å². The predicted octanol–water partition coefficient (Wildman–Crippen LogP) is 1.66. The van der Waals surface area contributed by atoms with E-state index in [0.29, 0.717) is 23.6 Å². The molecular weight excluding hydrogens is 202 g/mol. The number of benzene rings is 1. The molecule has 0 unspecified atom stereocenters. The smallest absolute Gasteiger partial charge is 0.251 e. The van der Waals surface area contributed by atoms with E-state index in [1.165, 1.54) is 0 Å². The molecule has 74 valence electrons. The molecule has 4 heteroatoms. The molecule has 0 bridgehead atoms. The van der Waals surface area contributed by atoms with Crippen LogP contribution < -0.4 is 5.32 Å². The van der Waals surface area contributed by atoms with Gasteiger partial charge in [0.2, 0.25) is 0 Å². The van der Waals surface area contributed by atoms with Gasteiger partial charge in [0, 0.05) is 23.6 Å². The van der Waals surface area contributed by atoms with Crippen LogP contribution in [0.25, 0.3) is 0 Å². The lowest BCUT2D eigenvalue weighted by Crippen LogP contribution is -2.24. The van der Waals surface area contributed by atoms with Gasteiger partial charge in [0.15, 0.2) is 0 Å². The van der Waals surface area contributed by atoms with Crippen molar-refractivity contribution in [2.45, 2.75) is 6.42 Å². The van der Waals surface area contributed by atoms with E-state index < -0.39 is 0 Å². The van der Waals surface area contributed by atoms with Crippen LogP contribution in [0.5, 0.6) is 0 Å². The summed E-state index contributed by atoms with van der Waals surface area (Å²) in [6.45, 7) is 0.356. The van der Waals surface area contributed by atoms with Crippen LogP contribution in [0.15, 0.2) is 24.3 Å². The van der Waals surface area contributed by atoms with E-state index in [2.05, 4.69) is 5.32 Å². The zero-order chi connectivity index (χ0) is 10.4. The maximum absolute atomic E-state index is 11.4. The Balaban J connectivity index is 2.56. The van der Waals surface area contributed by atoms with E-state index in [-0.39, 0.29) is 5.91 Å². The monoisotopic (exact) mass is 211 g/mol. The van der Waals surface area contributed by atoms with E-state index in [1.54, 1.807) is 24.3 Å². The van der Waals surface area contributed by atoms with Crippen LogP contribution in [0.4, 0.5) is 0 Å². The molecule has 0 atom stereocenters. The quantitative estimate of drug-likeness (QED) is 0.608. The first-order valence-electron chi connectivity index (χ1n) is 4.21. The highest BCUT2D eigenvalue weighted by Crippen LogP contribution is 2.10. The van der Waals surface area contributed by atoms with E-state index in [1.807, 2.05) is 0 Å². The van der Waals surface area contributed by atoms with Crippen LogP contribution in [-0.4, -0.2) is 18.7 Å². The Hall–Kier alpha value is -1.35. The second-order valence-electron chi connectivity index (χ2n) is 2.72. The predicted molar refractivity (Wildman–Crippen MR) is 54.5 cm³/mol. The minimum Gasteiger partial charge on any atom is -0.352 e. The zero-order valence-electron chi connectivity index (χ0n) is 7.50. The highest BCUT2D eigenvalue weighted by molar-refractivity contribution is 6.30. The molecule has 1 aromatic rings. The van der Waals surface area contributed by atoms with Crippen molar-refractivity contribution < 1.29 is 9.59 Å². The van der Waals surface area contributed by atoms with Gasteiger partial charge in [-0.2, -0.15) is 0 Å². The third-order valence-corrected chi connectivity index (χ3v) is 1.87. The van der Waals surface area contributed by atoms with Gasteiger partial charge in [0.25, 0.3) is 5.91 Å². The summed E-state index contributed by atoms with van der Waals surface area (Å²) in [5.74, 6) is -0.214. The Morgan fingerprint density at radius 1 is 1.50 bits per heavy atom. The molecule has 0 aliphatic heterocycles. The number of aldehydes is 1. The van der Waals surface area contributed by atoms with Gasteiger partial charge in [-0.25, -0.2) is 0 Å². The molecular formula is C10H10ClNO2. The van der Waals surface area contributed by atoms with Gasteiger partial charge < -0.3 is 10.1 Å². The Morgan fingerprint density at radius 2 is 2.29 bits per heavy atom. The number of nitrogens with one attached hydrogen (secondary N) is 1. The number of carbonyl (C=O) groups is 2. The maximum Gasteiger partial charge on any atom is 0.251 e. The molecule has 1 amide bonds. The normalized spacial score (nSPS) is 9.50. The summed E-state index contributed by atoms with van der Waals surface area (Å²) >= 11 is 5.71. The molecule has 0 spiro atoms. The van der Waals surface area contributed by atoms with Crippen LogP contribution >= 0.6 is 11.6 Å². The van der Waals surface area contributed by atoms with E-state index in [4.69, 9.17) is 11.6 Å². The van der Waals surface area contributed by atoms with E-state index in [0.717, 1.165) is 6.29 Å². The highest BCUT2D eigenvalue weighted by atomic mass is 35.5. The van der Waals surface area contributed by atoms with Crippen molar-refractivity contribution in [3.8, 4) is 0 Å². The van der Waals surface area contributed by atoms with Crippen molar-refractivity contribution in [2.75, 3.05) is 6.54 Å². The first-order valence-corrected chi connectivity index (χ1v) is 4.59. The molecule has 1 rings (SSSR count). The zero-order valence-corrected chi connectivity index (χ0v) is 8.25. The fraction of sp³-hybridized carbons (Fsp3) is 0.200. The standard InChI is InChI=1S/C10H10ClNO2/c11-9-4-1-3-8(7-9)10(14)12-5-2-6-13/h1,3-4,6-7H,2,5H2,(H,12,14). The molecule has 0 aromatic heterocycles. The van der Waals surface area contributed by atoms with Gasteiger partial charge in [-0.1, -0.05) is 17.7 Å². The Morgan fingerprint density at radius 3 is 2.93 bits per heavy atom. The minimum atomic E-state index is -0.214. The van der Waals surface area contributed by atoms with Crippen molar-refractivity contribution in [3.63, 3.8) is 0 Å². The average Bonchev–Trinajstić information content (AvgIpc) is 2.18. The van der Waals surface area contributed by atoms with Crippen LogP contribution in [0.3, 0.4) is 0 Å². The summed E-state index contributed by atoms with van der Waals surface area (Å²) < 4.78 is 0. The maximum atomic E-state index is 11.4. The largest absolute Gasteiger partial charge is 0.352 e. The summed E-state index contributed by atoms with van der Waals surface area (Å²) in [7, 11) is 0. The van der Waals surface area contributed by atoms with Gasteiger partial charge in [0.05, 0.1) is 0 Å². The topological polar surface area (TPSA) is 46.2 Å². The molecule has 0 heterocycles. The van der Waals surface area contributed by atoms with Crippen molar-refractivity contribution in [1.29, 1.82) is 0 Å². The van der Waals surface area contributed by atoms with E-state index >= 15 is 0 Å². The lowest BCUT2D eigenvalue weighted by atomic mass is 10.2. The first-order chi connectivity index (χ1) is 6.74. The molecule has 0 radical (unpaired) electrons. The highest BCUT2D eigenvalue weighted by Gasteiger charge is 2.03. The minimum absolute atomic E-state index is 0.214. The fourth-order valence-electron chi connectivity index (χ4n) is 0.976. The lowest BCUT2D eigenvalue weighted by Gasteiger charge is -2.02. The molecule has 3 nitrogen and oxygen atoms in total.